The van der Waals surface area contributed by atoms with E-state index in [1.807, 2.05) is 43.3 Å². The van der Waals surface area contributed by atoms with E-state index in [1.54, 1.807) is 67.8 Å². The van der Waals surface area contributed by atoms with Gasteiger partial charge in [0.25, 0.3) is 5.91 Å². The molecule has 0 aliphatic rings. The summed E-state index contributed by atoms with van der Waals surface area (Å²) < 4.78 is 44.4. The highest BCUT2D eigenvalue weighted by Gasteiger charge is 2.30. The third-order valence-corrected chi connectivity index (χ3v) is 8.20. The number of carbonyl (C=O) groups excluding carboxylic acids is 3. The number of alkyl halides is 3. The predicted octanol–water partition coefficient (Wildman–Crippen LogP) is 8.05. The lowest BCUT2D eigenvalue weighted by molar-refractivity contribution is -0.137. The maximum Gasteiger partial charge on any atom is 0.416 e. The number of hydrogen-bond acceptors (Lipinski definition) is 4. The van der Waals surface area contributed by atoms with E-state index < -0.39 is 23.7 Å². The monoisotopic (exact) mass is 679 g/mol. The molecule has 0 aliphatic carbocycles. The van der Waals surface area contributed by atoms with Gasteiger partial charge in [0.05, 0.1) is 12.7 Å². The fourth-order valence-corrected chi connectivity index (χ4v) is 5.46. The minimum absolute atomic E-state index is 0.176. The Morgan fingerprint density at radius 3 is 2.10 bits per heavy atom. The summed E-state index contributed by atoms with van der Waals surface area (Å²) in [5.41, 5.74) is 4.19. The zero-order valence-corrected chi connectivity index (χ0v) is 27.5. The summed E-state index contributed by atoms with van der Waals surface area (Å²) in [4.78, 5) is 39.7. The van der Waals surface area contributed by atoms with Crippen molar-refractivity contribution in [2.24, 2.45) is 0 Å². The maximum atomic E-state index is 13.4. The molecule has 5 aromatic carbocycles. The highest BCUT2D eigenvalue weighted by atomic mass is 19.4. The molecule has 3 amide bonds. The molecule has 0 bridgehead atoms. The number of hydrogen-bond donors (Lipinski definition) is 3. The number of carbonyl (C=O) groups is 3. The summed E-state index contributed by atoms with van der Waals surface area (Å²) in [6.45, 7) is 1.99. The molecule has 0 radical (unpaired) electrons. The zero-order chi connectivity index (χ0) is 35.7. The second-order valence-corrected chi connectivity index (χ2v) is 11.7. The number of benzene rings is 5. The predicted molar refractivity (Wildman–Crippen MR) is 186 cm³/mol. The molecule has 0 aliphatic heterocycles. The van der Waals surface area contributed by atoms with Gasteiger partial charge in [-0.25, -0.2) is 0 Å². The van der Waals surface area contributed by atoms with Crippen molar-refractivity contribution in [2.75, 3.05) is 12.4 Å². The normalized spacial score (nSPS) is 11.7. The minimum atomic E-state index is -4.46. The molecule has 256 valence electrons. The van der Waals surface area contributed by atoms with Crippen LogP contribution in [-0.2, 0) is 28.7 Å². The SMILES string of the molecule is COc1ccc(CCC(=O)NC(C(=O)NCc2ccc(NC(=O)c3ccccc3-c3ccc(C(F)(F)F)cc3)c(C)c2)c2ccccc2)cc1. The lowest BCUT2D eigenvalue weighted by atomic mass is 9.98. The van der Waals surface area contributed by atoms with Gasteiger partial charge in [0.2, 0.25) is 11.8 Å². The highest BCUT2D eigenvalue weighted by molar-refractivity contribution is 6.09. The Bertz CT molecular complexity index is 1940. The van der Waals surface area contributed by atoms with E-state index in [2.05, 4.69) is 16.0 Å². The number of halogens is 3. The number of nitrogens with one attached hydrogen (secondary N) is 3. The van der Waals surface area contributed by atoms with Crippen LogP contribution in [0.4, 0.5) is 18.9 Å². The summed E-state index contributed by atoms with van der Waals surface area (Å²) in [6, 6.07) is 32.3. The van der Waals surface area contributed by atoms with E-state index in [0.29, 0.717) is 34.4 Å². The van der Waals surface area contributed by atoms with Crippen LogP contribution in [0, 0.1) is 6.92 Å². The van der Waals surface area contributed by atoms with Gasteiger partial charge in [-0.3, -0.25) is 14.4 Å². The van der Waals surface area contributed by atoms with Crippen LogP contribution in [0.3, 0.4) is 0 Å². The summed E-state index contributed by atoms with van der Waals surface area (Å²) in [6.07, 6.45) is -3.76. The number of ether oxygens (including phenoxy) is 1. The van der Waals surface area contributed by atoms with Crippen molar-refractivity contribution in [1.29, 1.82) is 0 Å². The first-order valence-corrected chi connectivity index (χ1v) is 15.9. The van der Waals surface area contributed by atoms with Crippen LogP contribution >= 0.6 is 0 Å². The van der Waals surface area contributed by atoms with Gasteiger partial charge >= 0.3 is 6.18 Å². The zero-order valence-electron chi connectivity index (χ0n) is 27.5. The molecule has 0 saturated carbocycles. The Hall–Kier alpha value is -5.90. The Balaban J connectivity index is 1.22. The summed E-state index contributed by atoms with van der Waals surface area (Å²) >= 11 is 0. The molecule has 7 nitrogen and oxygen atoms in total. The smallest absolute Gasteiger partial charge is 0.416 e. The van der Waals surface area contributed by atoms with E-state index in [0.717, 1.165) is 34.6 Å². The Morgan fingerprint density at radius 1 is 0.780 bits per heavy atom. The summed E-state index contributed by atoms with van der Waals surface area (Å²) in [5, 5.41) is 8.68. The Morgan fingerprint density at radius 2 is 1.44 bits per heavy atom. The van der Waals surface area contributed by atoms with Gasteiger partial charge < -0.3 is 20.7 Å². The van der Waals surface area contributed by atoms with Gasteiger partial charge in [-0.15, -0.1) is 0 Å². The van der Waals surface area contributed by atoms with Crippen LogP contribution in [0.25, 0.3) is 11.1 Å². The van der Waals surface area contributed by atoms with Gasteiger partial charge in [0.1, 0.15) is 11.8 Å². The molecule has 0 saturated heterocycles. The van der Waals surface area contributed by atoms with Crippen LogP contribution in [0.15, 0.2) is 121 Å². The number of anilines is 1. The van der Waals surface area contributed by atoms with E-state index >= 15 is 0 Å². The molecule has 0 fully saturated rings. The molecule has 0 heterocycles. The standard InChI is InChI=1S/C40H36F3N3O4/c1-26-24-28(14-22-35(26)45-38(48)34-11-7-6-10-33(34)29-16-18-31(19-17-29)40(41,42)43)25-44-39(49)37(30-8-4-3-5-9-30)46-36(47)23-15-27-12-20-32(50-2)21-13-27/h3-14,16-22,24,37H,15,23,25H2,1-2H3,(H,44,49)(H,45,48)(H,46,47). The van der Waals surface area contributed by atoms with Crippen LogP contribution in [0.1, 0.15) is 50.6 Å². The van der Waals surface area contributed by atoms with Crippen molar-refractivity contribution < 1.29 is 32.3 Å². The van der Waals surface area contributed by atoms with Gasteiger partial charge in [0.15, 0.2) is 0 Å². The van der Waals surface area contributed by atoms with Crippen molar-refractivity contribution >= 4 is 23.4 Å². The van der Waals surface area contributed by atoms with E-state index in [9.17, 15) is 27.6 Å². The largest absolute Gasteiger partial charge is 0.497 e. The number of rotatable bonds is 12. The third kappa shape index (κ3) is 9.16. The van der Waals surface area contributed by atoms with E-state index in [4.69, 9.17) is 4.74 Å². The van der Waals surface area contributed by atoms with Crippen molar-refractivity contribution in [3.8, 4) is 16.9 Å². The van der Waals surface area contributed by atoms with Crippen LogP contribution in [0.2, 0.25) is 0 Å². The molecule has 5 rings (SSSR count). The first-order valence-electron chi connectivity index (χ1n) is 15.9. The van der Waals surface area contributed by atoms with Gasteiger partial charge in [-0.2, -0.15) is 13.2 Å². The summed E-state index contributed by atoms with van der Waals surface area (Å²) in [7, 11) is 1.59. The van der Waals surface area contributed by atoms with Gasteiger partial charge in [-0.1, -0.05) is 84.9 Å². The van der Waals surface area contributed by atoms with Crippen molar-refractivity contribution in [1.82, 2.24) is 10.6 Å². The second kappa shape index (κ2) is 16.0. The maximum absolute atomic E-state index is 13.4. The van der Waals surface area contributed by atoms with Crippen LogP contribution in [0.5, 0.6) is 5.75 Å². The molecular formula is C40H36F3N3O4. The number of methoxy groups -OCH3 is 1. The lowest BCUT2D eigenvalue weighted by Gasteiger charge is -2.19. The summed E-state index contributed by atoms with van der Waals surface area (Å²) in [5.74, 6) is -0.322. The Labute approximate surface area is 288 Å². The van der Waals surface area contributed by atoms with Crippen LogP contribution in [-0.4, -0.2) is 24.8 Å². The first-order chi connectivity index (χ1) is 24.0. The van der Waals surface area contributed by atoms with Crippen molar-refractivity contribution in [3.63, 3.8) is 0 Å². The molecule has 0 aromatic heterocycles. The topological polar surface area (TPSA) is 96.5 Å². The van der Waals surface area contributed by atoms with Gasteiger partial charge in [0, 0.05) is 24.2 Å². The average Bonchev–Trinajstić information content (AvgIpc) is 3.13. The minimum Gasteiger partial charge on any atom is -0.497 e. The van der Waals surface area contributed by atoms with E-state index in [-0.39, 0.29) is 24.8 Å². The van der Waals surface area contributed by atoms with Gasteiger partial charge in [-0.05, 0) is 83.1 Å². The molecule has 3 N–H and O–H groups in total. The van der Waals surface area contributed by atoms with Crippen molar-refractivity contribution in [2.45, 2.75) is 38.5 Å². The molecule has 5 aromatic rings. The average molecular weight is 680 g/mol. The molecule has 1 unspecified atom stereocenters. The van der Waals surface area contributed by atoms with Crippen LogP contribution < -0.4 is 20.7 Å². The Kier molecular flexibility index (Phi) is 11.3. The third-order valence-electron chi connectivity index (χ3n) is 8.20. The second-order valence-electron chi connectivity index (χ2n) is 11.7. The number of amides is 3. The molecule has 10 heteroatoms. The fraction of sp³-hybridized carbons (Fsp3) is 0.175. The fourth-order valence-electron chi connectivity index (χ4n) is 5.46. The number of aryl methyl sites for hydroxylation is 2. The molecule has 1 atom stereocenters. The quantitative estimate of drug-likeness (QED) is 0.124. The lowest BCUT2D eigenvalue weighted by Crippen LogP contribution is -2.40. The highest BCUT2D eigenvalue weighted by Crippen LogP contribution is 2.32. The van der Waals surface area contributed by atoms with E-state index in [1.165, 1.54) is 12.1 Å². The van der Waals surface area contributed by atoms with Crippen molar-refractivity contribution in [3.05, 3.63) is 155 Å². The molecule has 0 spiro atoms. The molecular weight excluding hydrogens is 643 g/mol. The first kappa shape index (κ1) is 35.4. The molecule has 50 heavy (non-hydrogen) atoms.